The van der Waals surface area contributed by atoms with Gasteiger partial charge in [-0.15, -0.1) is 0 Å². The van der Waals surface area contributed by atoms with Gasteiger partial charge in [0.15, 0.2) is 9.84 Å². The number of carboxylic acid groups (broad SMARTS) is 1. The topological polar surface area (TPSA) is 80.7 Å². The molecule has 0 saturated heterocycles. The molecular weight excluding hydrogens is 256 g/mol. The minimum absolute atomic E-state index is 0.0131. The van der Waals surface area contributed by atoms with Crippen molar-refractivity contribution in [2.45, 2.75) is 30.3 Å². The summed E-state index contributed by atoms with van der Waals surface area (Å²) in [6.45, 7) is 0. The van der Waals surface area contributed by atoms with Crippen LogP contribution in [0, 0.1) is 0 Å². The molecule has 1 aromatic rings. The second-order valence-electron chi connectivity index (χ2n) is 4.41. The Hall–Kier alpha value is -1.56. The predicted octanol–water partition coefficient (Wildman–Crippen LogP) is 1.72. The fourth-order valence-electron chi connectivity index (χ4n) is 1.68. The van der Waals surface area contributed by atoms with Gasteiger partial charge in [-0.1, -0.05) is 0 Å². The first-order chi connectivity index (χ1) is 8.38. The van der Waals surface area contributed by atoms with Crippen LogP contribution in [0.15, 0.2) is 23.1 Å². The lowest BCUT2D eigenvalue weighted by Gasteiger charge is -2.27. The van der Waals surface area contributed by atoms with Crippen molar-refractivity contribution in [3.05, 3.63) is 23.8 Å². The third-order valence-electron chi connectivity index (χ3n) is 2.96. The third-order valence-corrected chi connectivity index (χ3v) is 4.07. The molecule has 1 N–H and O–H groups in total. The smallest absolute Gasteiger partial charge is 0.339 e. The molecule has 1 fully saturated rings. The monoisotopic (exact) mass is 270 g/mol. The van der Waals surface area contributed by atoms with Crippen molar-refractivity contribution in [3.8, 4) is 5.75 Å². The summed E-state index contributed by atoms with van der Waals surface area (Å²) < 4.78 is 28.3. The molecule has 0 atom stereocenters. The van der Waals surface area contributed by atoms with Crippen LogP contribution >= 0.6 is 0 Å². The average Bonchev–Trinajstić information content (AvgIpc) is 2.21. The number of carbonyl (C=O) groups is 1. The number of hydrogen-bond donors (Lipinski definition) is 1. The zero-order chi connectivity index (χ0) is 13.3. The molecule has 1 aliphatic carbocycles. The van der Waals surface area contributed by atoms with Crippen LogP contribution in [-0.2, 0) is 9.84 Å². The summed E-state index contributed by atoms with van der Waals surface area (Å²) in [5.74, 6) is -0.950. The van der Waals surface area contributed by atoms with Gasteiger partial charge < -0.3 is 9.84 Å². The Morgan fingerprint density at radius 1 is 1.39 bits per heavy atom. The Kier molecular flexibility index (Phi) is 3.30. The highest BCUT2D eigenvalue weighted by Crippen LogP contribution is 2.29. The Bertz CT molecular complexity index is 572. The van der Waals surface area contributed by atoms with Crippen LogP contribution in [0.1, 0.15) is 29.6 Å². The number of benzene rings is 1. The van der Waals surface area contributed by atoms with Crippen LogP contribution in [0.2, 0.25) is 0 Å². The minimum Gasteiger partial charge on any atom is -0.490 e. The van der Waals surface area contributed by atoms with E-state index in [1.54, 1.807) is 0 Å². The fourth-order valence-corrected chi connectivity index (χ4v) is 2.32. The lowest BCUT2D eigenvalue weighted by Crippen LogP contribution is -2.25. The molecule has 2 rings (SSSR count). The summed E-state index contributed by atoms with van der Waals surface area (Å²) in [5, 5.41) is 9.08. The summed E-state index contributed by atoms with van der Waals surface area (Å²) in [5.41, 5.74) is -0.107. The van der Waals surface area contributed by atoms with Crippen LogP contribution in [-0.4, -0.2) is 31.9 Å². The quantitative estimate of drug-likeness (QED) is 0.901. The van der Waals surface area contributed by atoms with Gasteiger partial charge in [0.05, 0.1) is 11.0 Å². The molecule has 5 nitrogen and oxygen atoms in total. The number of rotatable bonds is 4. The highest BCUT2D eigenvalue weighted by atomic mass is 32.2. The van der Waals surface area contributed by atoms with Crippen molar-refractivity contribution >= 4 is 15.8 Å². The van der Waals surface area contributed by atoms with Gasteiger partial charge in [-0.3, -0.25) is 0 Å². The lowest BCUT2D eigenvalue weighted by atomic mass is 9.96. The van der Waals surface area contributed by atoms with Crippen molar-refractivity contribution in [3.63, 3.8) is 0 Å². The summed E-state index contributed by atoms with van der Waals surface area (Å²) in [6, 6.07) is 3.93. The van der Waals surface area contributed by atoms with Crippen molar-refractivity contribution < 1.29 is 23.1 Å². The number of carboxylic acids is 1. The van der Waals surface area contributed by atoms with Gasteiger partial charge in [0.1, 0.15) is 11.3 Å². The van der Waals surface area contributed by atoms with E-state index in [4.69, 9.17) is 9.84 Å². The van der Waals surface area contributed by atoms with Gasteiger partial charge >= 0.3 is 5.97 Å². The molecule has 0 amide bonds. The molecule has 0 radical (unpaired) electrons. The molecule has 0 heterocycles. The number of sulfone groups is 1. The molecule has 0 aromatic heterocycles. The maximum atomic E-state index is 11.4. The van der Waals surface area contributed by atoms with Gasteiger partial charge in [0.2, 0.25) is 0 Å². The third kappa shape index (κ3) is 2.64. The van der Waals surface area contributed by atoms with Gasteiger partial charge in [0.25, 0.3) is 0 Å². The molecule has 0 bridgehead atoms. The number of aromatic carboxylic acids is 1. The normalized spacial score (nSPS) is 16.1. The second-order valence-corrected chi connectivity index (χ2v) is 6.42. The van der Waals surface area contributed by atoms with E-state index < -0.39 is 15.8 Å². The molecule has 6 heteroatoms. The zero-order valence-corrected chi connectivity index (χ0v) is 10.7. The first-order valence-electron chi connectivity index (χ1n) is 5.62. The lowest BCUT2D eigenvalue weighted by molar-refractivity contribution is 0.0679. The maximum absolute atomic E-state index is 11.4. The van der Waals surface area contributed by atoms with Gasteiger partial charge in [0, 0.05) is 6.26 Å². The first-order valence-corrected chi connectivity index (χ1v) is 7.51. The van der Waals surface area contributed by atoms with Crippen molar-refractivity contribution in [1.29, 1.82) is 0 Å². The Labute approximate surface area is 105 Å². The van der Waals surface area contributed by atoms with Crippen LogP contribution < -0.4 is 4.74 Å². The van der Waals surface area contributed by atoms with Gasteiger partial charge in [-0.2, -0.15) is 0 Å². The second kappa shape index (κ2) is 4.61. The summed E-state index contributed by atoms with van der Waals surface area (Å²) >= 11 is 0. The average molecular weight is 270 g/mol. The Balaban J connectivity index is 2.37. The SMILES string of the molecule is CS(=O)(=O)c1ccc(OC2CCC2)c(C(=O)O)c1. The molecule has 98 valence electrons. The first kappa shape index (κ1) is 12.9. The number of ether oxygens (including phenoxy) is 1. The molecule has 1 aliphatic rings. The molecular formula is C12H14O5S. The van der Waals surface area contributed by atoms with E-state index >= 15 is 0 Å². The van der Waals surface area contributed by atoms with E-state index in [9.17, 15) is 13.2 Å². The van der Waals surface area contributed by atoms with E-state index in [0.717, 1.165) is 31.6 Å². The Morgan fingerprint density at radius 3 is 2.50 bits per heavy atom. The molecule has 0 aliphatic heterocycles. The van der Waals surface area contributed by atoms with E-state index in [2.05, 4.69) is 0 Å². The van der Waals surface area contributed by atoms with E-state index in [1.807, 2.05) is 0 Å². The molecule has 0 spiro atoms. The Morgan fingerprint density at radius 2 is 2.06 bits per heavy atom. The van der Waals surface area contributed by atoms with Crippen molar-refractivity contribution in [1.82, 2.24) is 0 Å². The van der Waals surface area contributed by atoms with E-state index in [-0.39, 0.29) is 22.3 Å². The standard InChI is InChI=1S/C12H14O5S/c1-18(15,16)9-5-6-11(10(7-9)12(13)14)17-8-3-2-4-8/h5-8H,2-4H2,1H3,(H,13,14). The van der Waals surface area contributed by atoms with Gasteiger partial charge in [-0.05, 0) is 37.5 Å². The predicted molar refractivity (Wildman–Crippen MR) is 64.8 cm³/mol. The van der Waals surface area contributed by atoms with Gasteiger partial charge in [-0.25, -0.2) is 13.2 Å². The zero-order valence-electron chi connectivity index (χ0n) is 9.92. The van der Waals surface area contributed by atoms with Crippen LogP contribution in [0.3, 0.4) is 0 Å². The molecule has 18 heavy (non-hydrogen) atoms. The molecule has 1 saturated carbocycles. The largest absolute Gasteiger partial charge is 0.490 e. The molecule has 1 aromatic carbocycles. The summed E-state index contributed by atoms with van der Waals surface area (Å²) in [4.78, 5) is 11.1. The van der Waals surface area contributed by atoms with E-state index in [1.165, 1.54) is 12.1 Å². The van der Waals surface area contributed by atoms with E-state index in [0.29, 0.717) is 0 Å². The number of hydrogen-bond acceptors (Lipinski definition) is 4. The van der Waals surface area contributed by atoms with Crippen molar-refractivity contribution in [2.75, 3.05) is 6.26 Å². The van der Waals surface area contributed by atoms with Crippen LogP contribution in [0.4, 0.5) is 0 Å². The van der Waals surface area contributed by atoms with Crippen molar-refractivity contribution in [2.24, 2.45) is 0 Å². The minimum atomic E-state index is -3.41. The fraction of sp³-hybridized carbons (Fsp3) is 0.417. The summed E-state index contributed by atoms with van der Waals surface area (Å²) in [7, 11) is -3.41. The van der Waals surface area contributed by atoms with Crippen LogP contribution in [0.5, 0.6) is 5.75 Å². The summed E-state index contributed by atoms with van der Waals surface area (Å²) in [6.07, 6.45) is 3.99. The highest BCUT2D eigenvalue weighted by molar-refractivity contribution is 7.90. The van der Waals surface area contributed by atoms with Crippen LogP contribution in [0.25, 0.3) is 0 Å². The molecule has 0 unspecified atom stereocenters. The maximum Gasteiger partial charge on any atom is 0.339 e. The highest BCUT2D eigenvalue weighted by Gasteiger charge is 2.23.